The Morgan fingerprint density at radius 1 is 1.03 bits per heavy atom. The molecule has 7 heteroatoms. The quantitative estimate of drug-likeness (QED) is 0.345. The molecule has 0 aromatic heterocycles. The number of fused-ring (bicyclic) bond motifs is 5. The Hall–Kier alpha value is -0.790. The molecule has 4 saturated carbocycles. The molecule has 4 N–H and O–H groups in total. The lowest BCUT2D eigenvalue weighted by molar-refractivity contribution is -0.174. The molecular formula is C27H45NO5S. The summed E-state index contributed by atoms with van der Waals surface area (Å²) in [4.78, 5) is 23.5. The lowest BCUT2D eigenvalue weighted by Crippen LogP contribution is -2.58. The molecule has 4 fully saturated rings. The maximum absolute atomic E-state index is 12.4. The van der Waals surface area contributed by atoms with Crippen LogP contribution in [0.4, 0.5) is 0 Å². The minimum Gasteiger partial charge on any atom is -0.480 e. The molecule has 0 saturated heterocycles. The topological polar surface area (TPSA) is 107 Å². The van der Waals surface area contributed by atoms with E-state index in [9.17, 15) is 19.8 Å². The van der Waals surface area contributed by atoms with Gasteiger partial charge in [0.25, 0.3) is 0 Å². The summed E-state index contributed by atoms with van der Waals surface area (Å²) in [7, 11) is 0. The number of amides is 1. The number of rotatable bonds is 7. The van der Waals surface area contributed by atoms with Gasteiger partial charge in [0.2, 0.25) is 5.91 Å². The zero-order chi connectivity index (χ0) is 24.8. The van der Waals surface area contributed by atoms with Gasteiger partial charge in [0.1, 0.15) is 6.04 Å². The number of carbonyl (C=O) groups excluding carboxylic acids is 1. The number of hydrogen-bond donors (Lipinski definition) is 5. The van der Waals surface area contributed by atoms with Crippen molar-refractivity contribution in [2.24, 2.45) is 46.3 Å². The minimum absolute atomic E-state index is 0.0859. The van der Waals surface area contributed by atoms with Gasteiger partial charge in [0.05, 0.1) is 12.2 Å². The molecule has 0 heterocycles. The number of aliphatic carboxylic acids is 1. The van der Waals surface area contributed by atoms with Crippen LogP contribution in [-0.2, 0) is 9.59 Å². The second kappa shape index (κ2) is 9.93. The van der Waals surface area contributed by atoms with Crippen molar-refractivity contribution in [3.05, 3.63) is 0 Å². The third-order valence-corrected chi connectivity index (χ3v) is 11.4. The van der Waals surface area contributed by atoms with Crippen molar-refractivity contribution in [2.45, 2.75) is 103 Å². The molecular weight excluding hydrogens is 450 g/mol. The number of thiol groups is 1. The van der Waals surface area contributed by atoms with E-state index in [0.717, 1.165) is 51.4 Å². The van der Waals surface area contributed by atoms with Crippen LogP contribution in [0.15, 0.2) is 0 Å². The number of hydrogen-bond acceptors (Lipinski definition) is 5. The first-order valence-corrected chi connectivity index (χ1v) is 14.1. The van der Waals surface area contributed by atoms with Gasteiger partial charge in [0.15, 0.2) is 0 Å². The largest absolute Gasteiger partial charge is 0.480 e. The third-order valence-electron chi connectivity index (χ3n) is 11.1. The van der Waals surface area contributed by atoms with Crippen molar-refractivity contribution in [1.29, 1.82) is 0 Å². The Morgan fingerprint density at radius 3 is 2.38 bits per heavy atom. The first-order valence-electron chi connectivity index (χ1n) is 13.5. The van der Waals surface area contributed by atoms with Gasteiger partial charge in [-0.15, -0.1) is 0 Å². The summed E-state index contributed by atoms with van der Waals surface area (Å²) >= 11 is 4.03. The standard InChI is InChI=1S/C27H45NO5S/c1-15(4-7-23(31)28-21(14-34)25(32)33)18-5-6-19-24-20(9-11-27(18,19)3)26(2)10-8-17(29)12-16(26)13-22(24)30/h15-22,24,29-30,34H,4-14H2,1-3H3,(H,28,31)(H,32,33). The Balaban J connectivity index is 1.42. The maximum Gasteiger partial charge on any atom is 0.327 e. The number of aliphatic hydroxyl groups excluding tert-OH is 2. The van der Waals surface area contributed by atoms with E-state index < -0.39 is 12.0 Å². The predicted molar refractivity (Wildman–Crippen MR) is 134 cm³/mol. The lowest BCUT2D eigenvalue weighted by Gasteiger charge is -2.62. The highest BCUT2D eigenvalue weighted by molar-refractivity contribution is 7.80. The highest BCUT2D eigenvalue weighted by Gasteiger charge is 2.62. The Labute approximate surface area is 210 Å². The van der Waals surface area contributed by atoms with Crippen LogP contribution in [0.3, 0.4) is 0 Å². The molecule has 4 rings (SSSR count). The molecule has 194 valence electrons. The molecule has 1 amide bonds. The first kappa shape index (κ1) is 26.3. The smallest absolute Gasteiger partial charge is 0.327 e. The number of carboxylic acids is 1. The van der Waals surface area contributed by atoms with Crippen LogP contribution in [0.2, 0.25) is 0 Å². The maximum atomic E-state index is 12.4. The molecule has 0 aliphatic heterocycles. The van der Waals surface area contributed by atoms with Gasteiger partial charge >= 0.3 is 5.97 Å². The molecule has 4 aliphatic carbocycles. The van der Waals surface area contributed by atoms with E-state index in [0.29, 0.717) is 41.9 Å². The number of carboxylic acid groups (broad SMARTS) is 1. The van der Waals surface area contributed by atoms with E-state index >= 15 is 0 Å². The Bertz CT molecular complexity index is 778. The number of aliphatic hydroxyl groups is 2. The third kappa shape index (κ3) is 4.54. The van der Waals surface area contributed by atoms with E-state index in [1.165, 1.54) is 6.42 Å². The highest BCUT2D eigenvalue weighted by Crippen LogP contribution is 2.68. The second-order valence-electron chi connectivity index (χ2n) is 12.6. The van der Waals surface area contributed by atoms with Crippen molar-refractivity contribution < 1.29 is 24.9 Å². The molecule has 11 unspecified atom stereocenters. The molecule has 0 radical (unpaired) electrons. The van der Waals surface area contributed by atoms with Gasteiger partial charge in [0, 0.05) is 12.2 Å². The zero-order valence-electron chi connectivity index (χ0n) is 21.1. The van der Waals surface area contributed by atoms with Crippen LogP contribution >= 0.6 is 12.6 Å². The molecule has 0 aromatic rings. The molecule has 0 bridgehead atoms. The number of carbonyl (C=O) groups is 2. The summed E-state index contributed by atoms with van der Waals surface area (Å²) in [5.74, 6) is 1.58. The van der Waals surface area contributed by atoms with Crippen LogP contribution in [0.5, 0.6) is 0 Å². The van der Waals surface area contributed by atoms with E-state index in [-0.39, 0.29) is 34.7 Å². The normalized spacial score (nSPS) is 45.4. The fraction of sp³-hybridized carbons (Fsp3) is 0.926. The summed E-state index contributed by atoms with van der Waals surface area (Å²) in [6.45, 7) is 7.13. The molecule has 4 aliphatic rings. The number of nitrogens with one attached hydrogen (secondary N) is 1. The van der Waals surface area contributed by atoms with E-state index in [2.05, 4.69) is 38.7 Å². The van der Waals surface area contributed by atoms with Crippen molar-refractivity contribution in [3.63, 3.8) is 0 Å². The van der Waals surface area contributed by atoms with E-state index in [1.807, 2.05) is 0 Å². The summed E-state index contributed by atoms with van der Waals surface area (Å²) in [5, 5.41) is 33.4. The van der Waals surface area contributed by atoms with Gasteiger partial charge in [-0.05, 0) is 104 Å². The van der Waals surface area contributed by atoms with Crippen molar-refractivity contribution >= 4 is 24.5 Å². The summed E-state index contributed by atoms with van der Waals surface area (Å²) < 4.78 is 0. The fourth-order valence-electron chi connectivity index (χ4n) is 9.19. The van der Waals surface area contributed by atoms with Crippen molar-refractivity contribution in [3.8, 4) is 0 Å². The SMILES string of the molecule is CC(CCC(=O)NC(CS)C(=O)O)C1CCC2C3C(O)CC4CC(O)CCC4(C)C3CCC12C. The van der Waals surface area contributed by atoms with Crippen LogP contribution < -0.4 is 5.32 Å². The molecule has 0 aromatic carbocycles. The van der Waals surface area contributed by atoms with Crippen molar-refractivity contribution in [2.75, 3.05) is 5.75 Å². The van der Waals surface area contributed by atoms with Gasteiger partial charge in [-0.2, -0.15) is 12.6 Å². The Morgan fingerprint density at radius 2 is 1.71 bits per heavy atom. The first-order chi connectivity index (χ1) is 16.0. The van der Waals surface area contributed by atoms with Gasteiger partial charge < -0.3 is 20.6 Å². The summed E-state index contributed by atoms with van der Waals surface area (Å²) in [6.07, 6.45) is 8.90. The molecule has 6 nitrogen and oxygen atoms in total. The van der Waals surface area contributed by atoms with Crippen LogP contribution in [0.25, 0.3) is 0 Å². The van der Waals surface area contributed by atoms with E-state index in [4.69, 9.17) is 5.11 Å². The Kier molecular flexibility index (Phi) is 7.67. The highest BCUT2D eigenvalue weighted by atomic mass is 32.1. The summed E-state index contributed by atoms with van der Waals surface area (Å²) in [5.41, 5.74) is 0.421. The van der Waals surface area contributed by atoms with Gasteiger partial charge in [-0.25, -0.2) is 4.79 Å². The second-order valence-corrected chi connectivity index (χ2v) is 13.0. The molecule has 0 spiro atoms. The summed E-state index contributed by atoms with van der Waals surface area (Å²) in [6, 6.07) is -0.936. The van der Waals surface area contributed by atoms with Crippen molar-refractivity contribution in [1.82, 2.24) is 5.32 Å². The average molecular weight is 496 g/mol. The lowest BCUT2D eigenvalue weighted by atomic mass is 9.43. The monoisotopic (exact) mass is 495 g/mol. The molecule has 11 atom stereocenters. The van der Waals surface area contributed by atoms with Crippen LogP contribution in [-0.4, -0.2) is 51.2 Å². The van der Waals surface area contributed by atoms with E-state index in [1.54, 1.807) is 0 Å². The molecule has 34 heavy (non-hydrogen) atoms. The fourth-order valence-corrected chi connectivity index (χ4v) is 9.43. The zero-order valence-corrected chi connectivity index (χ0v) is 22.0. The average Bonchev–Trinajstić information content (AvgIpc) is 3.14. The van der Waals surface area contributed by atoms with Crippen LogP contribution in [0.1, 0.15) is 85.0 Å². The van der Waals surface area contributed by atoms with Gasteiger partial charge in [-0.3, -0.25) is 4.79 Å². The van der Waals surface area contributed by atoms with Gasteiger partial charge in [-0.1, -0.05) is 20.8 Å². The predicted octanol–water partition coefficient (Wildman–Crippen LogP) is 3.89. The minimum atomic E-state index is -1.05. The van der Waals surface area contributed by atoms with Crippen LogP contribution in [0, 0.1) is 46.3 Å².